The van der Waals surface area contributed by atoms with Gasteiger partial charge in [0.1, 0.15) is 0 Å². The molecule has 2 fully saturated rings. The van der Waals surface area contributed by atoms with E-state index in [1.165, 1.54) is 0 Å². The summed E-state index contributed by atoms with van der Waals surface area (Å²) in [5, 5.41) is 13.1. The zero-order valence-corrected chi connectivity index (χ0v) is 13.4. The highest BCUT2D eigenvalue weighted by Gasteiger charge is 2.23. The van der Waals surface area contributed by atoms with Crippen molar-refractivity contribution in [3.63, 3.8) is 0 Å². The van der Waals surface area contributed by atoms with Gasteiger partial charge in [-0.15, -0.1) is 0 Å². The maximum atomic E-state index is 12.9. The summed E-state index contributed by atoms with van der Waals surface area (Å²) in [4.78, 5) is 17.0. The van der Waals surface area contributed by atoms with Crippen LogP contribution in [0.4, 0.5) is 0 Å². The van der Waals surface area contributed by atoms with Crippen molar-refractivity contribution < 1.29 is 14.6 Å². The lowest BCUT2D eigenvalue weighted by Crippen LogP contribution is -2.39. The quantitative estimate of drug-likeness (QED) is 0.816. The van der Waals surface area contributed by atoms with Crippen LogP contribution in [0.2, 0.25) is 0 Å². The number of aliphatic hydroxyl groups is 1. The molecule has 1 amide bonds. The van der Waals surface area contributed by atoms with Crippen molar-refractivity contribution in [2.75, 3.05) is 52.5 Å². The van der Waals surface area contributed by atoms with Crippen LogP contribution in [0.3, 0.4) is 0 Å². The van der Waals surface area contributed by atoms with E-state index < -0.39 is 6.10 Å². The Hall–Kier alpha value is -1.47. The third kappa shape index (κ3) is 4.29. The van der Waals surface area contributed by atoms with Crippen LogP contribution in [0.15, 0.2) is 24.3 Å². The predicted molar refractivity (Wildman–Crippen MR) is 87.3 cm³/mol. The average Bonchev–Trinajstić information content (AvgIpc) is 2.80. The Bertz CT molecular complexity index is 532. The zero-order chi connectivity index (χ0) is 16.1. The summed E-state index contributed by atoms with van der Waals surface area (Å²) in [6.07, 6.45) is -0.507. The summed E-state index contributed by atoms with van der Waals surface area (Å²) in [6, 6.07) is 7.80. The Balaban J connectivity index is 1.74. The van der Waals surface area contributed by atoms with Gasteiger partial charge in [0.25, 0.3) is 5.91 Å². The normalized spacial score (nSPS) is 23.5. The van der Waals surface area contributed by atoms with Crippen LogP contribution in [0, 0.1) is 0 Å². The number of ether oxygens (including phenoxy) is 1. The van der Waals surface area contributed by atoms with Crippen molar-refractivity contribution in [2.45, 2.75) is 12.6 Å². The second-order valence-electron chi connectivity index (χ2n) is 6.15. The highest BCUT2D eigenvalue weighted by molar-refractivity contribution is 5.95. The highest BCUT2D eigenvalue weighted by atomic mass is 16.5. The smallest absolute Gasteiger partial charge is 0.254 e. The molecule has 6 heteroatoms. The van der Waals surface area contributed by atoms with Gasteiger partial charge in [-0.1, -0.05) is 18.2 Å². The highest BCUT2D eigenvalue weighted by Crippen LogP contribution is 2.16. The lowest BCUT2D eigenvalue weighted by Gasteiger charge is -2.28. The maximum absolute atomic E-state index is 12.9. The molecule has 0 aliphatic carbocycles. The van der Waals surface area contributed by atoms with Crippen molar-refractivity contribution in [1.29, 1.82) is 0 Å². The van der Waals surface area contributed by atoms with Crippen LogP contribution in [-0.4, -0.2) is 79.4 Å². The molecule has 3 rings (SSSR count). The van der Waals surface area contributed by atoms with Gasteiger partial charge in [0, 0.05) is 51.4 Å². The summed E-state index contributed by atoms with van der Waals surface area (Å²) in [5.74, 6) is 0.0107. The number of amides is 1. The van der Waals surface area contributed by atoms with Crippen molar-refractivity contribution in [2.24, 2.45) is 0 Å². The largest absolute Gasteiger partial charge is 0.390 e. The molecule has 0 radical (unpaired) electrons. The van der Waals surface area contributed by atoms with Gasteiger partial charge in [-0.05, 0) is 11.6 Å². The number of nitrogens with zero attached hydrogens (tertiary/aromatic N) is 2. The van der Waals surface area contributed by atoms with Gasteiger partial charge in [-0.25, -0.2) is 0 Å². The first-order valence-electron chi connectivity index (χ1n) is 8.30. The van der Waals surface area contributed by atoms with Gasteiger partial charge in [0.15, 0.2) is 0 Å². The van der Waals surface area contributed by atoms with Gasteiger partial charge in [-0.3, -0.25) is 9.69 Å². The third-order valence-corrected chi connectivity index (χ3v) is 4.40. The molecule has 0 bridgehead atoms. The molecule has 0 spiro atoms. The molecule has 1 aromatic carbocycles. The third-order valence-electron chi connectivity index (χ3n) is 4.40. The Kier molecular flexibility index (Phi) is 5.61. The second kappa shape index (κ2) is 7.88. The molecule has 2 aliphatic rings. The summed E-state index contributed by atoms with van der Waals surface area (Å²) in [7, 11) is 0. The lowest BCUT2D eigenvalue weighted by molar-refractivity contribution is 0.0339. The van der Waals surface area contributed by atoms with Crippen LogP contribution in [0.5, 0.6) is 0 Å². The van der Waals surface area contributed by atoms with E-state index in [0.29, 0.717) is 26.2 Å². The second-order valence-corrected chi connectivity index (χ2v) is 6.15. The number of carbonyl (C=O) groups is 1. The van der Waals surface area contributed by atoms with Crippen LogP contribution >= 0.6 is 0 Å². The van der Waals surface area contributed by atoms with Gasteiger partial charge in [0.2, 0.25) is 0 Å². The fraction of sp³-hybridized carbons (Fsp3) is 0.588. The fourth-order valence-electron chi connectivity index (χ4n) is 3.11. The molecule has 23 heavy (non-hydrogen) atoms. The van der Waals surface area contributed by atoms with Gasteiger partial charge >= 0.3 is 0 Å². The van der Waals surface area contributed by atoms with Gasteiger partial charge < -0.3 is 20.1 Å². The average molecular weight is 319 g/mol. The molecule has 0 saturated carbocycles. The standard InChI is InChI=1S/C17H25N3O3/c21-15-11-18-5-6-20(13-15)17(22)16-4-2-1-3-14(16)12-19-7-9-23-10-8-19/h1-4,15,18,21H,5-13H2. The Labute approximate surface area is 137 Å². The zero-order valence-electron chi connectivity index (χ0n) is 13.4. The van der Waals surface area contributed by atoms with E-state index in [1.807, 2.05) is 24.3 Å². The molecule has 0 aromatic heterocycles. The Morgan fingerprint density at radius 1 is 1.26 bits per heavy atom. The van der Waals surface area contributed by atoms with Gasteiger partial charge in [0.05, 0.1) is 19.3 Å². The maximum Gasteiger partial charge on any atom is 0.254 e. The lowest BCUT2D eigenvalue weighted by atomic mass is 10.1. The minimum absolute atomic E-state index is 0.0107. The van der Waals surface area contributed by atoms with Crippen LogP contribution in [0.1, 0.15) is 15.9 Å². The van der Waals surface area contributed by atoms with E-state index in [0.717, 1.165) is 44.0 Å². The van der Waals surface area contributed by atoms with E-state index in [2.05, 4.69) is 10.2 Å². The predicted octanol–water partition coefficient (Wildman–Crippen LogP) is -0.0749. The molecule has 2 N–H and O–H groups in total. The minimum Gasteiger partial charge on any atom is -0.390 e. The molecule has 1 atom stereocenters. The summed E-state index contributed by atoms with van der Waals surface area (Å²) < 4.78 is 5.38. The fourth-order valence-corrected chi connectivity index (χ4v) is 3.11. The number of morpholine rings is 1. The summed E-state index contributed by atoms with van der Waals surface area (Å²) in [6.45, 7) is 6.33. The first kappa shape index (κ1) is 16.4. The molecule has 2 saturated heterocycles. The van der Waals surface area contributed by atoms with Crippen LogP contribution in [-0.2, 0) is 11.3 Å². The van der Waals surface area contributed by atoms with Crippen molar-refractivity contribution >= 4 is 5.91 Å². The SMILES string of the molecule is O=C(c1ccccc1CN1CCOCC1)N1CCNCC(O)C1. The number of hydrogen-bond acceptors (Lipinski definition) is 5. The molecule has 2 aliphatic heterocycles. The Morgan fingerprint density at radius 2 is 2.04 bits per heavy atom. The number of hydrogen-bond donors (Lipinski definition) is 2. The van der Waals surface area contributed by atoms with E-state index in [1.54, 1.807) is 4.90 Å². The van der Waals surface area contributed by atoms with Crippen molar-refractivity contribution in [3.8, 4) is 0 Å². The van der Waals surface area contributed by atoms with E-state index in [4.69, 9.17) is 4.74 Å². The minimum atomic E-state index is -0.507. The molecule has 1 aromatic rings. The summed E-state index contributed by atoms with van der Waals surface area (Å²) >= 11 is 0. The molecule has 6 nitrogen and oxygen atoms in total. The number of β-amino-alcohol motifs (C(OH)–C–C–N with tert-alkyl or cyclic N) is 1. The van der Waals surface area contributed by atoms with E-state index in [9.17, 15) is 9.90 Å². The monoisotopic (exact) mass is 319 g/mol. The first-order chi connectivity index (χ1) is 11.2. The number of rotatable bonds is 3. The molecule has 2 heterocycles. The number of aliphatic hydroxyl groups excluding tert-OH is 1. The molecular weight excluding hydrogens is 294 g/mol. The number of benzene rings is 1. The molecule has 1 unspecified atom stereocenters. The van der Waals surface area contributed by atoms with E-state index >= 15 is 0 Å². The van der Waals surface area contributed by atoms with Crippen molar-refractivity contribution in [1.82, 2.24) is 15.1 Å². The van der Waals surface area contributed by atoms with Crippen LogP contribution < -0.4 is 5.32 Å². The first-order valence-corrected chi connectivity index (χ1v) is 8.30. The number of carbonyl (C=O) groups excluding carboxylic acids is 1. The molecule has 126 valence electrons. The number of nitrogens with one attached hydrogen (secondary N) is 1. The summed E-state index contributed by atoms with van der Waals surface area (Å²) in [5.41, 5.74) is 1.79. The van der Waals surface area contributed by atoms with Crippen molar-refractivity contribution in [3.05, 3.63) is 35.4 Å². The van der Waals surface area contributed by atoms with Crippen LogP contribution in [0.25, 0.3) is 0 Å². The molecular formula is C17H25N3O3. The topological polar surface area (TPSA) is 65.0 Å². The van der Waals surface area contributed by atoms with E-state index in [-0.39, 0.29) is 5.91 Å². The Morgan fingerprint density at radius 3 is 2.87 bits per heavy atom. The van der Waals surface area contributed by atoms with Gasteiger partial charge in [-0.2, -0.15) is 0 Å².